The minimum atomic E-state index is -1.03. The minimum Gasteiger partial charge on any atom is -0.382 e. The molecule has 8 rings (SSSR count). The van der Waals surface area contributed by atoms with E-state index >= 15 is 0 Å². The van der Waals surface area contributed by atoms with Crippen LogP contribution in [0, 0.1) is 0 Å². The van der Waals surface area contributed by atoms with Crippen LogP contribution in [0.15, 0.2) is 110 Å². The average Bonchev–Trinajstić information content (AvgIpc) is 3.85. The van der Waals surface area contributed by atoms with Crippen molar-refractivity contribution in [3.8, 4) is 11.3 Å². The van der Waals surface area contributed by atoms with E-state index in [1.165, 1.54) is 12.4 Å². The van der Waals surface area contributed by atoms with Crippen molar-refractivity contribution in [2.75, 3.05) is 67.5 Å². The summed E-state index contributed by atoms with van der Waals surface area (Å²) < 4.78 is 16.7. The van der Waals surface area contributed by atoms with E-state index in [-0.39, 0.29) is 55.4 Å². The van der Waals surface area contributed by atoms with Crippen LogP contribution in [0.25, 0.3) is 22.2 Å². The van der Waals surface area contributed by atoms with Gasteiger partial charge in [-0.05, 0) is 67.1 Å². The first kappa shape index (κ1) is 43.8. The fourth-order valence-electron chi connectivity index (χ4n) is 7.44. The molecule has 0 spiro atoms. The number of aromatic nitrogens is 3. The van der Waals surface area contributed by atoms with E-state index in [0.29, 0.717) is 61.4 Å². The number of imide groups is 2. The predicted octanol–water partition coefficient (Wildman–Crippen LogP) is 5.51. The van der Waals surface area contributed by atoms with Gasteiger partial charge in [-0.15, -0.1) is 0 Å². The third kappa shape index (κ3) is 10.7. The van der Waals surface area contributed by atoms with Gasteiger partial charge < -0.3 is 40.5 Å². The zero-order chi connectivity index (χ0) is 45.1. The van der Waals surface area contributed by atoms with Crippen molar-refractivity contribution < 1.29 is 43.0 Å². The van der Waals surface area contributed by atoms with Crippen molar-refractivity contribution >= 4 is 74.9 Å². The van der Waals surface area contributed by atoms with Crippen LogP contribution in [0.2, 0.25) is 0 Å². The molecule has 2 aliphatic rings. The number of nitrogens with one attached hydrogen (secondary N) is 6. The number of fused-ring (bicyclic) bond motifs is 2. The SMILES string of the molecule is O=C1CCC(N2C(=O)c3cccc(NCCOCCOCCOCCC(=O)Nc4ccc(C(=O)Nc5cccc(Nc6cc(-c7c[nH]c8ccccc78)ncn6)c5)cc4)c3C2=O)C(=O)N1. The monoisotopic (exact) mass is 879 g/mol. The zero-order valence-electron chi connectivity index (χ0n) is 35.1. The number of carbonyl (C=O) groups excluding carboxylic acids is 6. The summed E-state index contributed by atoms with van der Waals surface area (Å²) in [5, 5.41) is 15.4. The number of aromatic amines is 1. The summed E-state index contributed by atoms with van der Waals surface area (Å²) in [6, 6.07) is 27.6. The van der Waals surface area contributed by atoms with Crippen LogP contribution in [0.4, 0.5) is 28.6 Å². The Morgan fingerprint density at radius 2 is 1.48 bits per heavy atom. The Hall–Kier alpha value is -7.80. The zero-order valence-corrected chi connectivity index (χ0v) is 35.1. The van der Waals surface area contributed by atoms with Gasteiger partial charge in [0.1, 0.15) is 18.2 Å². The maximum Gasteiger partial charge on any atom is 0.264 e. The topological polar surface area (TPSA) is 235 Å². The quantitative estimate of drug-likeness (QED) is 0.0411. The molecular formula is C47H45N9O9. The summed E-state index contributed by atoms with van der Waals surface area (Å²) in [4.78, 5) is 88.8. The second kappa shape index (κ2) is 20.6. The number of ether oxygens (including phenoxy) is 3. The number of anilines is 5. The second-order valence-corrected chi connectivity index (χ2v) is 15.0. The highest BCUT2D eigenvalue weighted by Crippen LogP contribution is 2.33. The normalized spacial score (nSPS) is 14.6. The van der Waals surface area contributed by atoms with Gasteiger partial charge in [-0.25, -0.2) is 9.97 Å². The number of para-hydroxylation sites is 1. The molecule has 2 aliphatic heterocycles. The fraction of sp³-hybridized carbons (Fsp3) is 0.234. The maximum absolute atomic E-state index is 13.2. The summed E-state index contributed by atoms with van der Waals surface area (Å²) in [5.74, 6) is -2.19. The molecule has 1 fully saturated rings. The van der Waals surface area contributed by atoms with Gasteiger partial charge in [-0.2, -0.15) is 0 Å². The van der Waals surface area contributed by atoms with Crippen molar-refractivity contribution in [2.24, 2.45) is 0 Å². The van der Waals surface area contributed by atoms with Gasteiger partial charge in [0.05, 0.1) is 62.9 Å². The molecule has 18 heteroatoms. The molecule has 0 radical (unpaired) electrons. The van der Waals surface area contributed by atoms with Crippen LogP contribution < -0.4 is 26.6 Å². The standard InChI is InChI=1S/C47H45N9O9/c57-41-16-15-39(45(60)55-41)56-46(61)34-8-4-10-37(43(34)47(56)62)48-18-20-64-22-24-65-23-21-63-19-17-42(58)53-30-13-11-29(12-14-30)44(59)54-32-6-3-5-31(25-32)52-40-26-38(50-28-51-40)35-27-49-36-9-2-1-7-33(35)36/h1-14,25-28,39,48-49H,15-24H2,(H,53,58)(H,54,59)(H,50,51,52)(H,55,57,60). The van der Waals surface area contributed by atoms with Gasteiger partial charge >= 0.3 is 0 Å². The van der Waals surface area contributed by atoms with E-state index < -0.39 is 29.7 Å². The van der Waals surface area contributed by atoms with Crippen LogP contribution >= 0.6 is 0 Å². The molecular weight excluding hydrogens is 835 g/mol. The van der Waals surface area contributed by atoms with Crippen molar-refractivity contribution in [1.82, 2.24) is 25.2 Å². The second-order valence-electron chi connectivity index (χ2n) is 15.0. The molecule has 4 aromatic carbocycles. The van der Waals surface area contributed by atoms with Crippen molar-refractivity contribution in [2.45, 2.75) is 25.3 Å². The van der Waals surface area contributed by atoms with Crippen LogP contribution in [-0.2, 0) is 28.6 Å². The Kier molecular flexibility index (Phi) is 13.9. The summed E-state index contributed by atoms with van der Waals surface area (Å²) in [5.41, 5.74) is 5.86. The smallest absolute Gasteiger partial charge is 0.264 e. The number of carbonyl (C=O) groups is 6. The summed E-state index contributed by atoms with van der Waals surface area (Å²) >= 11 is 0. The third-order valence-electron chi connectivity index (χ3n) is 10.6. The van der Waals surface area contributed by atoms with Crippen LogP contribution in [-0.4, -0.2) is 108 Å². The van der Waals surface area contributed by atoms with Crippen LogP contribution in [0.1, 0.15) is 50.3 Å². The Morgan fingerprint density at radius 3 is 2.29 bits per heavy atom. The third-order valence-corrected chi connectivity index (χ3v) is 10.6. The lowest BCUT2D eigenvalue weighted by Gasteiger charge is -2.27. The highest BCUT2D eigenvalue weighted by Gasteiger charge is 2.45. The summed E-state index contributed by atoms with van der Waals surface area (Å²) in [6.45, 7) is 2.04. The molecule has 6 aromatic rings. The molecule has 0 saturated carbocycles. The summed E-state index contributed by atoms with van der Waals surface area (Å²) in [7, 11) is 0. The van der Waals surface area contributed by atoms with E-state index in [4.69, 9.17) is 14.2 Å². The Bertz CT molecular complexity index is 2740. The first-order chi connectivity index (χ1) is 31.7. The van der Waals surface area contributed by atoms with E-state index in [1.807, 2.05) is 54.7 Å². The van der Waals surface area contributed by atoms with Gasteiger partial charge in [0.2, 0.25) is 17.7 Å². The van der Waals surface area contributed by atoms with Crippen molar-refractivity contribution in [1.29, 1.82) is 0 Å². The molecule has 1 atom stereocenters. The first-order valence-corrected chi connectivity index (χ1v) is 21.0. The van der Waals surface area contributed by atoms with Crippen molar-refractivity contribution in [3.63, 3.8) is 0 Å². The van der Waals surface area contributed by atoms with Gasteiger partial charge in [0, 0.05) is 70.0 Å². The molecule has 0 bridgehead atoms. The van der Waals surface area contributed by atoms with Gasteiger partial charge in [0.15, 0.2) is 0 Å². The number of hydrogen-bond acceptors (Lipinski definition) is 13. The number of rotatable bonds is 20. The Labute approximate surface area is 372 Å². The lowest BCUT2D eigenvalue weighted by atomic mass is 10.0. The largest absolute Gasteiger partial charge is 0.382 e. The molecule has 6 N–H and O–H groups in total. The molecule has 1 saturated heterocycles. The molecule has 0 aliphatic carbocycles. The maximum atomic E-state index is 13.2. The molecule has 1 unspecified atom stereocenters. The number of H-pyrrole nitrogens is 1. The van der Waals surface area contributed by atoms with E-state index in [9.17, 15) is 28.8 Å². The highest BCUT2D eigenvalue weighted by atomic mass is 16.5. The Morgan fingerprint density at radius 1 is 0.723 bits per heavy atom. The molecule has 18 nitrogen and oxygen atoms in total. The molecule has 332 valence electrons. The van der Waals surface area contributed by atoms with E-state index in [0.717, 1.165) is 32.7 Å². The van der Waals surface area contributed by atoms with Gasteiger partial charge in [-0.1, -0.05) is 30.3 Å². The average molecular weight is 880 g/mol. The number of piperidine rings is 1. The molecule has 2 aromatic heterocycles. The number of nitrogens with zero attached hydrogens (tertiary/aromatic N) is 3. The summed E-state index contributed by atoms with van der Waals surface area (Å²) in [6.07, 6.45) is 3.69. The predicted molar refractivity (Wildman–Crippen MR) is 241 cm³/mol. The molecule has 4 heterocycles. The lowest BCUT2D eigenvalue weighted by Crippen LogP contribution is -2.54. The number of hydrogen-bond donors (Lipinski definition) is 6. The van der Waals surface area contributed by atoms with Gasteiger partial charge in [0.25, 0.3) is 17.7 Å². The highest BCUT2D eigenvalue weighted by molar-refractivity contribution is 6.25. The Balaban J connectivity index is 0.679. The van der Waals surface area contributed by atoms with E-state index in [1.54, 1.807) is 42.5 Å². The van der Waals surface area contributed by atoms with E-state index in [2.05, 4.69) is 41.5 Å². The number of benzene rings is 4. The first-order valence-electron chi connectivity index (χ1n) is 21.0. The molecule has 6 amide bonds. The van der Waals surface area contributed by atoms with Crippen LogP contribution in [0.5, 0.6) is 0 Å². The minimum absolute atomic E-state index is 0.0474. The number of amides is 6. The van der Waals surface area contributed by atoms with Crippen LogP contribution in [0.3, 0.4) is 0 Å². The molecule has 65 heavy (non-hydrogen) atoms. The fourth-order valence-corrected chi connectivity index (χ4v) is 7.44. The van der Waals surface area contributed by atoms with Crippen molar-refractivity contribution in [3.05, 3.63) is 126 Å². The van der Waals surface area contributed by atoms with Gasteiger partial charge in [-0.3, -0.25) is 39.0 Å². The lowest BCUT2D eigenvalue weighted by molar-refractivity contribution is -0.136.